The molecule has 154 valence electrons. The summed E-state index contributed by atoms with van der Waals surface area (Å²) in [5, 5.41) is 3.66. The minimum Gasteiger partial charge on any atom is -0.380 e. The molecule has 29 heavy (non-hydrogen) atoms. The van der Waals surface area contributed by atoms with E-state index >= 15 is 0 Å². The topological polar surface area (TPSA) is 60.4 Å². The van der Waals surface area contributed by atoms with Crippen molar-refractivity contribution in [1.29, 1.82) is 0 Å². The second-order valence-corrected chi connectivity index (χ2v) is 9.13. The van der Waals surface area contributed by atoms with Gasteiger partial charge in [0, 0.05) is 55.5 Å². The maximum Gasteiger partial charge on any atom is 0.232 e. The second kappa shape index (κ2) is 8.34. The van der Waals surface area contributed by atoms with Gasteiger partial charge in [0.2, 0.25) is 17.8 Å². The molecule has 4 heterocycles. The molecule has 3 fully saturated rings. The number of aromatic nitrogens is 3. The van der Waals surface area contributed by atoms with Crippen molar-refractivity contribution in [2.24, 2.45) is 0 Å². The molecule has 7 nitrogen and oxygen atoms in total. The summed E-state index contributed by atoms with van der Waals surface area (Å²) in [6.45, 7) is 6.09. The van der Waals surface area contributed by atoms with Crippen LogP contribution in [0.4, 0.5) is 23.5 Å². The van der Waals surface area contributed by atoms with Gasteiger partial charge in [-0.05, 0) is 50.3 Å². The Balaban J connectivity index is 1.35. The van der Waals surface area contributed by atoms with Crippen LogP contribution in [0, 0.1) is 0 Å². The highest BCUT2D eigenvalue weighted by molar-refractivity contribution is 9.10. The minimum atomic E-state index is 0.395. The fraction of sp³-hybridized carbons (Fsp3) is 0.571. The molecule has 1 unspecified atom stereocenters. The van der Waals surface area contributed by atoms with Gasteiger partial charge >= 0.3 is 0 Å². The molecule has 1 N–H and O–H groups in total. The van der Waals surface area contributed by atoms with Crippen LogP contribution in [-0.2, 0) is 0 Å². The third kappa shape index (κ3) is 4.27. The molecule has 3 aliphatic heterocycles. The van der Waals surface area contributed by atoms with Crippen LogP contribution in [0.1, 0.15) is 32.1 Å². The Bertz CT molecular complexity index is 814. The number of hydrogen-bond donors (Lipinski definition) is 1. The summed E-state index contributed by atoms with van der Waals surface area (Å²) < 4.78 is 1.10. The second-order valence-electron chi connectivity index (χ2n) is 8.21. The normalized spacial score (nSPS) is 22.0. The highest BCUT2D eigenvalue weighted by Gasteiger charge is 2.28. The van der Waals surface area contributed by atoms with Crippen LogP contribution in [0.5, 0.6) is 0 Å². The zero-order valence-electron chi connectivity index (χ0n) is 16.7. The number of nitrogens with one attached hydrogen (secondary N) is 1. The molecule has 0 bridgehead atoms. The molecule has 1 aromatic heterocycles. The maximum absolute atomic E-state index is 4.89. The van der Waals surface area contributed by atoms with Gasteiger partial charge in [-0.25, -0.2) is 0 Å². The van der Waals surface area contributed by atoms with Gasteiger partial charge in [-0.3, -0.25) is 0 Å². The summed E-state index contributed by atoms with van der Waals surface area (Å²) in [5.41, 5.74) is 1.15. The number of nitrogens with zero attached hydrogens (tertiary/aromatic N) is 6. The lowest BCUT2D eigenvalue weighted by Crippen LogP contribution is -2.30. The van der Waals surface area contributed by atoms with Gasteiger partial charge in [-0.2, -0.15) is 15.0 Å². The molecule has 0 aliphatic carbocycles. The summed E-state index contributed by atoms with van der Waals surface area (Å²) in [4.78, 5) is 21.6. The zero-order valence-corrected chi connectivity index (χ0v) is 18.3. The lowest BCUT2D eigenvalue weighted by molar-refractivity contribution is 0.793. The zero-order chi connectivity index (χ0) is 19.6. The molecule has 0 saturated carbocycles. The SMILES string of the molecule is Brc1cccc(NC2CCN(c3nc(N4CCCC4)nc(N4CCCC4)n3)C2)c1. The third-order valence-corrected chi connectivity index (χ3v) is 6.54. The van der Waals surface area contributed by atoms with E-state index in [-0.39, 0.29) is 0 Å². The van der Waals surface area contributed by atoms with Crippen LogP contribution in [0.3, 0.4) is 0 Å². The van der Waals surface area contributed by atoms with Crippen molar-refractivity contribution in [3.05, 3.63) is 28.7 Å². The number of hydrogen-bond acceptors (Lipinski definition) is 7. The Kier molecular flexibility index (Phi) is 5.44. The third-order valence-electron chi connectivity index (χ3n) is 6.04. The number of benzene rings is 1. The van der Waals surface area contributed by atoms with Gasteiger partial charge < -0.3 is 20.0 Å². The maximum atomic E-state index is 4.89. The Labute approximate surface area is 180 Å². The molecule has 5 rings (SSSR count). The summed E-state index contributed by atoms with van der Waals surface area (Å²) in [5.74, 6) is 2.55. The van der Waals surface area contributed by atoms with Gasteiger partial charge in [0.25, 0.3) is 0 Å². The molecular formula is C21H28BrN7. The standard InChI is InChI=1S/C21H28BrN7/c22-16-6-5-7-17(14-16)23-18-8-13-29(15-18)21-25-19(27-9-1-2-10-27)24-20(26-21)28-11-3-4-12-28/h5-7,14,18,23H,1-4,8-13,15H2. The van der Waals surface area contributed by atoms with Crippen molar-refractivity contribution in [3.63, 3.8) is 0 Å². The van der Waals surface area contributed by atoms with E-state index < -0.39 is 0 Å². The number of halogens is 1. The van der Waals surface area contributed by atoms with Gasteiger partial charge in [-0.15, -0.1) is 0 Å². The molecule has 0 radical (unpaired) electrons. The van der Waals surface area contributed by atoms with Crippen molar-refractivity contribution in [2.45, 2.75) is 38.1 Å². The highest BCUT2D eigenvalue weighted by Crippen LogP contribution is 2.27. The lowest BCUT2D eigenvalue weighted by atomic mass is 10.2. The predicted molar refractivity (Wildman–Crippen MR) is 121 cm³/mol. The van der Waals surface area contributed by atoms with Gasteiger partial charge in [-0.1, -0.05) is 22.0 Å². The van der Waals surface area contributed by atoms with E-state index in [0.717, 1.165) is 73.7 Å². The van der Waals surface area contributed by atoms with Crippen LogP contribution < -0.4 is 20.0 Å². The average molecular weight is 458 g/mol. The molecule has 1 atom stereocenters. The van der Waals surface area contributed by atoms with Crippen molar-refractivity contribution < 1.29 is 0 Å². The lowest BCUT2D eigenvalue weighted by Gasteiger charge is -2.24. The fourth-order valence-corrected chi connectivity index (χ4v) is 4.87. The molecular weight excluding hydrogens is 430 g/mol. The van der Waals surface area contributed by atoms with Crippen LogP contribution >= 0.6 is 15.9 Å². The Morgan fingerprint density at radius 1 is 0.793 bits per heavy atom. The Hall–Kier alpha value is -2.09. The van der Waals surface area contributed by atoms with E-state index in [9.17, 15) is 0 Å². The molecule has 0 spiro atoms. The first kappa shape index (κ1) is 18.9. The summed E-state index contributed by atoms with van der Waals surface area (Å²) in [7, 11) is 0. The van der Waals surface area contributed by atoms with Crippen LogP contribution in [0.2, 0.25) is 0 Å². The van der Waals surface area contributed by atoms with Crippen molar-refractivity contribution >= 4 is 39.5 Å². The van der Waals surface area contributed by atoms with E-state index in [1.165, 1.54) is 25.7 Å². The van der Waals surface area contributed by atoms with E-state index in [1.54, 1.807) is 0 Å². The van der Waals surface area contributed by atoms with Crippen molar-refractivity contribution in [2.75, 3.05) is 59.3 Å². The predicted octanol–water partition coefficient (Wildman–Crippen LogP) is 3.53. The molecule has 3 saturated heterocycles. The first-order valence-electron chi connectivity index (χ1n) is 10.8. The van der Waals surface area contributed by atoms with E-state index in [2.05, 4.69) is 60.2 Å². The average Bonchev–Trinajstić information content (AvgIpc) is 3.49. The molecule has 3 aliphatic rings. The first-order valence-corrected chi connectivity index (χ1v) is 11.6. The summed E-state index contributed by atoms with van der Waals surface area (Å²) in [6, 6.07) is 8.76. The van der Waals surface area contributed by atoms with E-state index in [0.29, 0.717) is 6.04 Å². The van der Waals surface area contributed by atoms with Crippen LogP contribution in [-0.4, -0.2) is 60.3 Å². The Morgan fingerprint density at radius 2 is 1.38 bits per heavy atom. The van der Waals surface area contributed by atoms with Gasteiger partial charge in [0.05, 0.1) is 0 Å². The quantitative estimate of drug-likeness (QED) is 0.736. The van der Waals surface area contributed by atoms with Gasteiger partial charge in [0.1, 0.15) is 0 Å². The number of rotatable bonds is 5. The first-order chi connectivity index (χ1) is 14.2. The summed E-state index contributed by atoms with van der Waals surface area (Å²) >= 11 is 3.55. The molecule has 2 aromatic rings. The number of anilines is 4. The largest absolute Gasteiger partial charge is 0.380 e. The Morgan fingerprint density at radius 3 is 1.97 bits per heavy atom. The van der Waals surface area contributed by atoms with Gasteiger partial charge in [0.15, 0.2) is 0 Å². The van der Waals surface area contributed by atoms with E-state index in [4.69, 9.17) is 15.0 Å². The molecule has 1 aromatic carbocycles. The van der Waals surface area contributed by atoms with Crippen molar-refractivity contribution in [1.82, 2.24) is 15.0 Å². The molecule has 0 amide bonds. The van der Waals surface area contributed by atoms with Crippen molar-refractivity contribution in [3.8, 4) is 0 Å². The van der Waals surface area contributed by atoms with E-state index in [1.807, 2.05) is 0 Å². The van der Waals surface area contributed by atoms with Crippen LogP contribution in [0.25, 0.3) is 0 Å². The van der Waals surface area contributed by atoms with Crippen LogP contribution in [0.15, 0.2) is 28.7 Å². The molecule has 8 heteroatoms. The summed E-state index contributed by atoms with van der Waals surface area (Å²) in [6.07, 6.45) is 5.98. The highest BCUT2D eigenvalue weighted by atomic mass is 79.9. The minimum absolute atomic E-state index is 0.395. The monoisotopic (exact) mass is 457 g/mol. The smallest absolute Gasteiger partial charge is 0.232 e. The fourth-order valence-electron chi connectivity index (χ4n) is 4.48.